The lowest BCUT2D eigenvalue weighted by Gasteiger charge is -2.21. The molecule has 1 aliphatic carbocycles. The second kappa shape index (κ2) is 6.55. The van der Waals surface area contributed by atoms with Crippen molar-refractivity contribution in [2.45, 2.75) is 45.6 Å². The second-order valence-corrected chi connectivity index (χ2v) is 5.09. The van der Waals surface area contributed by atoms with E-state index in [9.17, 15) is 4.79 Å². The Bertz CT molecular complexity index is 429. The van der Waals surface area contributed by atoms with Gasteiger partial charge >= 0.3 is 0 Å². The van der Waals surface area contributed by atoms with Crippen LogP contribution in [-0.4, -0.2) is 34.9 Å². The highest BCUT2D eigenvalue weighted by molar-refractivity contribution is 5.93. The summed E-state index contributed by atoms with van der Waals surface area (Å²) in [4.78, 5) is 18.7. The lowest BCUT2D eigenvalue weighted by Crippen LogP contribution is -2.34. The van der Waals surface area contributed by atoms with Crippen LogP contribution in [-0.2, 0) is 0 Å². The smallest absolute Gasteiger partial charge is 0.272 e. The maximum Gasteiger partial charge on any atom is 0.272 e. The number of anilines is 1. The van der Waals surface area contributed by atoms with Crippen LogP contribution in [0, 0.1) is 0 Å². The molecule has 1 saturated carbocycles. The summed E-state index contributed by atoms with van der Waals surface area (Å²) in [7, 11) is 0. The van der Waals surface area contributed by atoms with Gasteiger partial charge in [-0.1, -0.05) is 13.8 Å². The molecular weight excluding hydrogens is 238 g/mol. The van der Waals surface area contributed by atoms with Crippen molar-refractivity contribution < 1.29 is 4.79 Å². The van der Waals surface area contributed by atoms with Crippen molar-refractivity contribution in [1.29, 1.82) is 0 Å². The Morgan fingerprint density at radius 3 is 2.84 bits per heavy atom. The fourth-order valence-corrected chi connectivity index (χ4v) is 2.15. The maximum atomic E-state index is 12.5. The molecule has 0 radical (unpaired) electrons. The molecule has 4 nitrogen and oxygen atoms in total. The summed E-state index contributed by atoms with van der Waals surface area (Å²) >= 11 is 0. The van der Waals surface area contributed by atoms with Crippen LogP contribution < -0.4 is 5.32 Å². The van der Waals surface area contributed by atoms with Crippen LogP contribution in [0.15, 0.2) is 18.3 Å². The second-order valence-electron chi connectivity index (χ2n) is 5.09. The summed E-state index contributed by atoms with van der Waals surface area (Å²) < 4.78 is 0. The minimum absolute atomic E-state index is 0.0736. The van der Waals surface area contributed by atoms with Gasteiger partial charge in [-0.3, -0.25) is 9.78 Å². The summed E-state index contributed by atoms with van der Waals surface area (Å²) in [5.41, 5.74) is 1.54. The van der Waals surface area contributed by atoms with E-state index in [0.29, 0.717) is 11.7 Å². The normalized spacial score (nSPS) is 14.2. The summed E-state index contributed by atoms with van der Waals surface area (Å²) in [5, 5.41) is 3.29. The molecule has 0 aliphatic heterocycles. The summed E-state index contributed by atoms with van der Waals surface area (Å²) in [6.45, 7) is 5.97. The maximum absolute atomic E-state index is 12.5. The fourth-order valence-electron chi connectivity index (χ4n) is 2.15. The summed E-state index contributed by atoms with van der Waals surface area (Å²) in [5.74, 6) is 0.0736. The standard InChI is InChI=1S/C15H23N3O/c1-3-8-16-12-7-9-17-14(11-12)15(19)18(10-4-2)13-5-6-13/h7,9,11,13H,3-6,8,10H2,1-2H3,(H,16,17). The highest BCUT2D eigenvalue weighted by Gasteiger charge is 2.32. The number of aromatic nitrogens is 1. The molecule has 2 rings (SSSR count). The number of hydrogen-bond acceptors (Lipinski definition) is 3. The lowest BCUT2D eigenvalue weighted by atomic mass is 10.2. The van der Waals surface area contributed by atoms with E-state index in [2.05, 4.69) is 24.1 Å². The van der Waals surface area contributed by atoms with Gasteiger partial charge in [-0.25, -0.2) is 0 Å². The minimum atomic E-state index is 0.0736. The fraction of sp³-hybridized carbons (Fsp3) is 0.600. The predicted molar refractivity (Wildman–Crippen MR) is 77.4 cm³/mol. The van der Waals surface area contributed by atoms with E-state index >= 15 is 0 Å². The van der Waals surface area contributed by atoms with Gasteiger partial charge in [0.05, 0.1) is 0 Å². The lowest BCUT2D eigenvalue weighted by molar-refractivity contribution is 0.0737. The number of nitrogens with one attached hydrogen (secondary N) is 1. The monoisotopic (exact) mass is 261 g/mol. The van der Waals surface area contributed by atoms with Gasteiger partial charge in [0.15, 0.2) is 0 Å². The Morgan fingerprint density at radius 2 is 2.21 bits per heavy atom. The average molecular weight is 261 g/mol. The van der Waals surface area contributed by atoms with E-state index in [1.165, 1.54) is 0 Å². The molecule has 1 aliphatic rings. The first-order chi connectivity index (χ1) is 9.26. The van der Waals surface area contributed by atoms with Crippen LogP contribution in [0.2, 0.25) is 0 Å². The molecule has 1 amide bonds. The van der Waals surface area contributed by atoms with Gasteiger partial charge in [-0.05, 0) is 37.8 Å². The van der Waals surface area contributed by atoms with E-state index in [4.69, 9.17) is 0 Å². The predicted octanol–water partition coefficient (Wildman–Crippen LogP) is 2.92. The Labute approximate surface area is 115 Å². The number of pyridine rings is 1. The van der Waals surface area contributed by atoms with Crippen molar-refractivity contribution in [3.63, 3.8) is 0 Å². The molecule has 19 heavy (non-hydrogen) atoms. The Balaban J connectivity index is 2.08. The largest absolute Gasteiger partial charge is 0.385 e. The van der Waals surface area contributed by atoms with Gasteiger partial charge in [-0.15, -0.1) is 0 Å². The molecule has 1 heterocycles. The summed E-state index contributed by atoms with van der Waals surface area (Å²) in [6, 6.07) is 4.22. The molecule has 104 valence electrons. The molecule has 4 heteroatoms. The minimum Gasteiger partial charge on any atom is -0.385 e. The Kier molecular flexibility index (Phi) is 4.77. The number of amides is 1. The zero-order chi connectivity index (χ0) is 13.7. The third kappa shape index (κ3) is 3.69. The molecule has 1 N–H and O–H groups in total. The molecular formula is C15H23N3O. The third-order valence-corrected chi connectivity index (χ3v) is 3.27. The van der Waals surface area contributed by atoms with Gasteiger partial charge in [0.25, 0.3) is 5.91 Å². The van der Waals surface area contributed by atoms with E-state index in [0.717, 1.165) is 44.5 Å². The van der Waals surface area contributed by atoms with Gasteiger partial charge in [0, 0.05) is 31.0 Å². The number of carbonyl (C=O) groups is 1. The number of nitrogens with zero attached hydrogens (tertiary/aromatic N) is 2. The van der Waals surface area contributed by atoms with Crippen LogP contribution in [0.4, 0.5) is 5.69 Å². The first kappa shape index (κ1) is 13.8. The third-order valence-electron chi connectivity index (χ3n) is 3.27. The van der Waals surface area contributed by atoms with Crippen molar-refractivity contribution in [3.8, 4) is 0 Å². The highest BCUT2D eigenvalue weighted by atomic mass is 16.2. The molecule has 0 atom stereocenters. The highest BCUT2D eigenvalue weighted by Crippen LogP contribution is 2.28. The number of carbonyl (C=O) groups excluding carboxylic acids is 1. The zero-order valence-corrected chi connectivity index (χ0v) is 11.9. The molecule has 0 unspecified atom stereocenters. The average Bonchev–Trinajstić information content (AvgIpc) is 3.26. The van der Waals surface area contributed by atoms with Crippen LogP contribution in [0.1, 0.15) is 50.0 Å². The van der Waals surface area contributed by atoms with E-state index in [1.807, 2.05) is 17.0 Å². The van der Waals surface area contributed by atoms with Crippen LogP contribution >= 0.6 is 0 Å². The topological polar surface area (TPSA) is 45.2 Å². The van der Waals surface area contributed by atoms with Crippen LogP contribution in [0.5, 0.6) is 0 Å². The van der Waals surface area contributed by atoms with Crippen molar-refractivity contribution in [2.24, 2.45) is 0 Å². The van der Waals surface area contributed by atoms with Crippen molar-refractivity contribution in [3.05, 3.63) is 24.0 Å². The molecule has 1 aromatic heterocycles. The van der Waals surface area contributed by atoms with Crippen molar-refractivity contribution in [2.75, 3.05) is 18.4 Å². The summed E-state index contributed by atoms with van der Waals surface area (Å²) in [6.07, 6.45) is 6.05. The van der Waals surface area contributed by atoms with Crippen LogP contribution in [0.25, 0.3) is 0 Å². The van der Waals surface area contributed by atoms with Gasteiger partial charge in [-0.2, -0.15) is 0 Å². The zero-order valence-electron chi connectivity index (χ0n) is 11.9. The Morgan fingerprint density at radius 1 is 1.42 bits per heavy atom. The SMILES string of the molecule is CCCNc1ccnc(C(=O)N(CCC)C2CC2)c1. The molecule has 1 fully saturated rings. The van der Waals surface area contributed by atoms with Gasteiger partial charge < -0.3 is 10.2 Å². The van der Waals surface area contributed by atoms with Gasteiger partial charge in [0.1, 0.15) is 5.69 Å². The molecule has 0 aromatic carbocycles. The first-order valence-corrected chi connectivity index (χ1v) is 7.27. The molecule has 0 spiro atoms. The molecule has 0 bridgehead atoms. The quantitative estimate of drug-likeness (QED) is 0.821. The molecule has 1 aromatic rings. The van der Waals surface area contributed by atoms with Crippen molar-refractivity contribution >= 4 is 11.6 Å². The molecule has 0 saturated heterocycles. The number of hydrogen-bond donors (Lipinski definition) is 1. The van der Waals surface area contributed by atoms with Gasteiger partial charge in [0.2, 0.25) is 0 Å². The van der Waals surface area contributed by atoms with E-state index in [-0.39, 0.29) is 5.91 Å². The van der Waals surface area contributed by atoms with E-state index < -0.39 is 0 Å². The van der Waals surface area contributed by atoms with E-state index in [1.54, 1.807) is 6.20 Å². The first-order valence-electron chi connectivity index (χ1n) is 7.27. The number of rotatable bonds is 7. The Hall–Kier alpha value is -1.58. The van der Waals surface area contributed by atoms with Crippen LogP contribution in [0.3, 0.4) is 0 Å². The van der Waals surface area contributed by atoms with Crippen molar-refractivity contribution in [1.82, 2.24) is 9.88 Å².